The Balaban J connectivity index is 1.43. The SMILES string of the molecule is [2H]C([2H])([2H])N(CCc1c[nH]c2cccc(OC(=O)N3CCC(N4CCCCC4)CC3)c12)C([2H])([2H])[2H]. The highest BCUT2D eigenvalue weighted by Crippen LogP contribution is 2.30. The minimum absolute atomic E-state index is 0.173. The Labute approximate surface area is 182 Å². The number of rotatable bonds is 5. The van der Waals surface area contributed by atoms with Crippen LogP contribution in [0.25, 0.3) is 10.9 Å². The van der Waals surface area contributed by atoms with Crippen molar-refractivity contribution >= 4 is 17.0 Å². The van der Waals surface area contributed by atoms with Crippen LogP contribution in [-0.2, 0) is 6.42 Å². The molecule has 4 rings (SSSR count). The van der Waals surface area contributed by atoms with Gasteiger partial charge in [0.1, 0.15) is 5.75 Å². The number of aromatic nitrogens is 1. The summed E-state index contributed by atoms with van der Waals surface area (Å²) in [5.41, 5.74) is 1.44. The van der Waals surface area contributed by atoms with E-state index in [1.54, 1.807) is 23.2 Å². The number of likely N-dealkylation sites (N-methyl/N-ethyl adjacent to an activating group) is 1. The fourth-order valence-corrected chi connectivity index (χ4v) is 4.59. The molecule has 0 saturated carbocycles. The van der Waals surface area contributed by atoms with Crippen molar-refractivity contribution in [1.29, 1.82) is 0 Å². The largest absolute Gasteiger partial charge is 0.415 e. The third kappa shape index (κ3) is 4.75. The fraction of sp³-hybridized carbons (Fsp3) is 0.609. The molecule has 3 heterocycles. The number of ether oxygens (including phenoxy) is 1. The highest BCUT2D eigenvalue weighted by molar-refractivity contribution is 5.91. The maximum atomic E-state index is 13.0. The zero-order valence-corrected chi connectivity index (χ0v) is 16.8. The molecule has 2 aromatic rings. The summed E-state index contributed by atoms with van der Waals surface area (Å²) in [5.74, 6) is 0.385. The van der Waals surface area contributed by atoms with Crippen molar-refractivity contribution in [2.24, 2.45) is 0 Å². The van der Waals surface area contributed by atoms with Gasteiger partial charge in [0.2, 0.25) is 0 Å². The highest BCUT2D eigenvalue weighted by atomic mass is 16.6. The number of likely N-dealkylation sites (tertiary alicyclic amines) is 2. The molecule has 1 N–H and O–H groups in total. The molecule has 158 valence electrons. The Hall–Kier alpha value is -2.05. The molecule has 0 atom stereocenters. The summed E-state index contributed by atoms with van der Waals surface area (Å²) in [6.07, 6.45) is 7.18. The van der Waals surface area contributed by atoms with Crippen molar-refractivity contribution in [3.63, 3.8) is 0 Å². The molecule has 2 aliphatic heterocycles. The Bertz CT molecular complexity index is 994. The van der Waals surface area contributed by atoms with Gasteiger partial charge in [0, 0.05) is 51.0 Å². The normalized spacial score (nSPS) is 23.1. The molecule has 0 bridgehead atoms. The molecule has 6 heteroatoms. The Morgan fingerprint density at radius 3 is 2.76 bits per heavy atom. The molecule has 29 heavy (non-hydrogen) atoms. The number of aromatic amines is 1. The molecular weight excluding hydrogens is 364 g/mol. The number of nitrogens with one attached hydrogen (secondary N) is 1. The number of amides is 1. The maximum absolute atomic E-state index is 13.0. The van der Waals surface area contributed by atoms with E-state index in [0.717, 1.165) is 31.4 Å². The molecule has 2 fully saturated rings. The van der Waals surface area contributed by atoms with E-state index in [9.17, 15) is 4.79 Å². The lowest BCUT2D eigenvalue weighted by Gasteiger charge is -2.39. The van der Waals surface area contributed by atoms with E-state index < -0.39 is 20.0 Å². The molecule has 2 aliphatic rings. The second-order valence-electron chi connectivity index (χ2n) is 8.08. The summed E-state index contributed by atoms with van der Waals surface area (Å²) < 4.78 is 51.3. The zero-order valence-electron chi connectivity index (χ0n) is 22.8. The maximum Gasteiger partial charge on any atom is 0.415 e. The second-order valence-corrected chi connectivity index (χ2v) is 8.08. The molecule has 2 saturated heterocycles. The molecule has 0 unspecified atom stereocenters. The third-order valence-corrected chi connectivity index (χ3v) is 6.18. The van der Waals surface area contributed by atoms with Crippen molar-refractivity contribution in [3.05, 3.63) is 30.0 Å². The van der Waals surface area contributed by atoms with Gasteiger partial charge < -0.3 is 24.4 Å². The van der Waals surface area contributed by atoms with Crippen LogP contribution < -0.4 is 4.74 Å². The number of benzene rings is 1. The van der Waals surface area contributed by atoms with Crippen LogP contribution in [-0.4, -0.2) is 78.5 Å². The minimum atomic E-state index is -2.74. The van der Waals surface area contributed by atoms with Gasteiger partial charge in [-0.1, -0.05) is 12.5 Å². The highest BCUT2D eigenvalue weighted by Gasteiger charge is 2.28. The van der Waals surface area contributed by atoms with E-state index in [1.807, 2.05) is 6.07 Å². The van der Waals surface area contributed by atoms with Crippen LogP contribution in [0, 0.1) is 0 Å². The van der Waals surface area contributed by atoms with E-state index >= 15 is 0 Å². The van der Waals surface area contributed by atoms with E-state index in [4.69, 9.17) is 13.0 Å². The Morgan fingerprint density at radius 2 is 2.00 bits per heavy atom. The number of hydrogen-bond donors (Lipinski definition) is 1. The molecule has 0 aliphatic carbocycles. The molecule has 1 amide bonds. The minimum Gasteiger partial charge on any atom is -0.409 e. The van der Waals surface area contributed by atoms with Gasteiger partial charge in [0.05, 0.1) is 0 Å². The van der Waals surface area contributed by atoms with Gasteiger partial charge in [0.25, 0.3) is 0 Å². The van der Waals surface area contributed by atoms with Crippen molar-refractivity contribution in [2.75, 3.05) is 46.7 Å². The number of fused-ring (bicyclic) bond motifs is 1. The molecular formula is C23H34N4O2. The van der Waals surface area contributed by atoms with Gasteiger partial charge in [-0.2, -0.15) is 0 Å². The lowest BCUT2D eigenvalue weighted by molar-refractivity contribution is 0.0880. The van der Waals surface area contributed by atoms with Crippen LogP contribution in [0.15, 0.2) is 24.4 Å². The summed E-state index contributed by atoms with van der Waals surface area (Å²) in [7, 11) is 0. The van der Waals surface area contributed by atoms with Crippen LogP contribution in [0.4, 0.5) is 4.79 Å². The van der Waals surface area contributed by atoms with E-state index in [-0.39, 0.29) is 13.0 Å². The van der Waals surface area contributed by atoms with Gasteiger partial charge in [-0.3, -0.25) is 0 Å². The number of carbonyl (C=O) groups is 1. The molecule has 0 spiro atoms. The summed E-state index contributed by atoms with van der Waals surface area (Å²) in [6, 6.07) is 5.86. The zero-order chi connectivity index (χ0) is 25.2. The van der Waals surface area contributed by atoms with Gasteiger partial charge in [-0.25, -0.2) is 4.79 Å². The third-order valence-electron chi connectivity index (χ3n) is 6.18. The van der Waals surface area contributed by atoms with Crippen LogP contribution in [0.2, 0.25) is 0 Å². The first-order valence-electron chi connectivity index (χ1n) is 13.6. The summed E-state index contributed by atoms with van der Waals surface area (Å²) in [5, 5.41) is 0.667. The van der Waals surface area contributed by atoms with Gasteiger partial charge in [-0.05, 0) is 76.8 Å². The summed E-state index contributed by atoms with van der Waals surface area (Å²) in [4.78, 5) is 20.9. The van der Waals surface area contributed by atoms with Crippen molar-refractivity contribution in [1.82, 2.24) is 19.7 Å². The van der Waals surface area contributed by atoms with Gasteiger partial charge in [0.15, 0.2) is 0 Å². The van der Waals surface area contributed by atoms with Crippen molar-refractivity contribution in [2.45, 2.75) is 44.6 Å². The quantitative estimate of drug-likeness (QED) is 0.825. The molecule has 1 aromatic heterocycles. The summed E-state index contributed by atoms with van der Waals surface area (Å²) >= 11 is 0. The van der Waals surface area contributed by atoms with Gasteiger partial charge in [-0.15, -0.1) is 0 Å². The number of hydrogen-bond acceptors (Lipinski definition) is 4. The number of piperidine rings is 2. The van der Waals surface area contributed by atoms with Crippen molar-refractivity contribution in [3.8, 4) is 5.75 Å². The monoisotopic (exact) mass is 404 g/mol. The fourth-order valence-electron chi connectivity index (χ4n) is 4.59. The topological polar surface area (TPSA) is 51.8 Å². The Kier molecular flexibility index (Phi) is 4.44. The standard InChI is InChI=1S/C23H34N4O2/c1-25(2)14-9-18-17-24-20-7-6-8-21(22(18)20)29-23(28)27-15-10-19(11-16-27)26-12-4-3-5-13-26/h6-8,17,19,24H,3-5,9-16H2,1-2H3/i1D3,2D3. The van der Waals surface area contributed by atoms with E-state index in [0.29, 0.717) is 40.7 Å². The van der Waals surface area contributed by atoms with Crippen LogP contribution in [0.1, 0.15) is 45.9 Å². The van der Waals surface area contributed by atoms with E-state index in [2.05, 4.69) is 9.88 Å². The van der Waals surface area contributed by atoms with E-state index in [1.165, 1.54) is 19.3 Å². The average molecular weight is 405 g/mol. The first kappa shape index (κ1) is 14.0. The lowest BCUT2D eigenvalue weighted by Crippen LogP contribution is -2.48. The first-order valence-corrected chi connectivity index (χ1v) is 10.6. The van der Waals surface area contributed by atoms with Crippen LogP contribution >= 0.6 is 0 Å². The average Bonchev–Trinajstić information content (AvgIpc) is 3.22. The molecule has 6 nitrogen and oxygen atoms in total. The first-order chi connectivity index (χ1) is 16.5. The van der Waals surface area contributed by atoms with Crippen LogP contribution in [0.5, 0.6) is 5.75 Å². The number of carbonyl (C=O) groups excluding carboxylic acids is 1. The number of H-pyrrole nitrogens is 1. The number of nitrogens with zero attached hydrogens (tertiary/aromatic N) is 3. The van der Waals surface area contributed by atoms with Crippen molar-refractivity contribution < 1.29 is 17.8 Å². The Morgan fingerprint density at radius 1 is 1.21 bits per heavy atom. The predicted molar refractivity (Wildman–Crippen MR) is 117 cm³/mol. The van der Waals surface area contributed by atoms with Gasteiger partial charge >= 0.3 is 6.09 Å². The van der Waals surface area contributed by atoms with Crippen LogP contribution in [0.3, 0.4) is 0 Å². The molecule has 1 aromatic carbocycles. The second kappa shape index (κ2) is 9.18. The molecule has 0 radical (unpaired) electrons. The summed E-state index contributed by atoms with van der Waals surface area (Å²) in [6.45, 7) is -2.07. The smallest absolute Gasteiger partial charge is 0.409 e. The predicted octanol–water partition coefficient (Wildman–Crippen LogP) is 3.72. The lowest BCUT2D eigenvalue weighted by atomic mass is 10.0.